The number of benzene rings is 1. The van der Waals surface area contributed by atoms with Crippen molar-refractivity contribution >= 4 is 35.8 Å². The lowest BCUT2D eigenvalue weighted by molar-refractivity contribution is -0.182. The fourth-order valence-corrected chi connectivity index (χ4v) is 3.86. The molecule has 13 heteroatoms. The van der Waals surface area contributed by atoms with Crippen LogP contribution in [0.1, 0.15) is 86.0 Å². The van der Waals surface area contributed by atoms with Crippen LogP contribution in [0, 0.1) is 11.8 Å². The van der Waals surface area contributed by atoms with Crippen molar-refractivity contribution in [2.75, 3.05) is 6.61 Å². The van der Waals surface area contributed by atoms with Crippen molar-refractivity contribution in [2.45, 2.75) is 105 Å². The zero-order valence-electron chi connectivity index (χ0n) is 27.4. The van der Waals surface area contributed by atoms with E-state index in [-0.39, 0.29) is 30.4 Å². The molecule has 0 radical (unpaired) electrons. The van der Waals surface area contributed by atoms with Gasteiger partial charge in [0.15, 0.2) is 0 Å². The molecule has 0 aliphatic heterocycles. The normalized spacial score (nSPS) is 14.0. The molecule has 0 aliphatic rings. The average molecular weight is 621 g/mol. The summed E-state index contributed by atoms with van der Waals surface area (Å²) in [6.07, 6.45) is -0.565. The summed E-state index contributed by atoms with van der Waals surface area (Å²) in [5, 5.41) is 8.20. The van der Waals surface area contributed by atoms with Gasteiger partial charge in [0.2, 0.25) is 11.8 Å². The van der Waals surface area contributed by atoms with Crippen molar-refractivity contribution in [3.63, 3.8) is 0 Å². The summed E-state index contributed by atoms with van der Waals surface area (Å²) in [6.45, 7) is 16.6. The highest BCUT2D eigenvalue weighted by Gasteiger charge is 2.37. The van der Waals surface area contributed by atoms with Crippen LogP contribution in [0.4, 0.5) is 4.79 Å². The van der Waals surface area contributed by atoms with Crippen LogP contribution in [0.2, 0.25) is 0 Å². The number of amides is 4. The first-order chi connectivity index (χ1) is 20.4. The van der Waals surface area contributed by atoms with E-state index in [0.29, 0.717) is 5.06 Å². The summed E-state index contributed by atoms with van der Waals surface area (Å²) in [5.41, 5.74) is -0.687. The van der Waals surface area contributed by atoms with Gasteiger partial charge < -0.3 is 30.3 Å². The SMILES string of the molecule is CCOC(=O)[C@@H](NC(=O)[C@@H](C)N(OC(=O)c1ccccc1)C(=O)[C@H](C)NC(=O)[C@H](CC(C)C)NC(=O)OC(C)(C)C)C(C)C. The number of carbonyl (C=O) groups is 6. The van der Waals surface area contributed by atoms with Gasteiger partial charge in [-0.25, -0.2) is 14.4 Å². The molecule has 44 heavy (non-hydrogen) atoms. The molecular weight excluding hydrogens is 572 g/mol. The largest absolute Gasteiger partial charge is 0.464 e. The van der Waals surface area contributed by atoms with E-state index in [4.69, 9.17) is 14.3 Å². The summed E-state index contributed by atoms with van der Waals surface area (Å²) < 4.78 is 10.3. The maximum absolute atomic E-state index is 13.7. The van der Waals surface area contributed by atoms with Gasteiger partial charge in [0, 0.05) is 0 Å². The monoisotopic (exact) mass is 620 g/mol. The number of nitrogens with zero attached hydrogens (tertiary/aromatic N) is 1. The Labute approximate surface area is 259 Å². The number of rotatable bonds is 13. The Morgan fingerprint density at radius 2 is 1.43 bits per heavy atom. The maximum Gasteiger partial charge on any atom is 0.408 e. The van der Waals surface area contributed by atoms with Gasteiger partial charge in [-0.3, -0.25) is 14.4 Å². The topological polar surface area (TPSA) is 169 Å². The standard InChI is InChI=1S/C31H48N4O9/c1-11-42-29(40)24(19(4)5)34-25(36)21(7)35(44-28(39)22-15-13-12-14-16-22)27(38)20(6)32-26(37)23(17-18(2)3)33-30(41)43-31(8,9)10/h12-16,18-21,23-24H,11,17H2,1-10H3,(H,32,37)(H,33,41)(H,34,36)/t20-,21+,23-,24-/m0/s1. The van der Waals surface area contributed by atoms with Gasteiger partial charge in [0.05, 0.1) is 12.2 Å². The van der Waals surface area contributed by atoms with Crippen molar-refractivity contribution in [1.82, 2.24) is 21.0 Å². The summed E-state index contributed by atoms with van der Waals surface area (Å²) in [4.78, 5) is 83.4. The number of hydrogen-bond acceptors (Lipinski definition) is 9. The number of hydrogen-bond donors (Lipinski definition) is 3. The fourth-order valence-electron chi connectivity index (χ4n) is 3.86. The van der Waals surface area contributed by atoms with Crippen LogP contribution >= 0.6 is 0 Å². The van der Waals surface area contributed by atoms with Crippen molar-refractivity contribution in [1.29, 1.82) is 0 Å². The molecule has 0 aromatic heterocycles. The molecule has 0 spiro atoms. The molecule has 0 unspecified atom stereocenters. The number of ether oxygens (including phenoxy) is 2. The van der Waals surface area contributed by atoms with E-state index in [1.165, 1.54) is 26.0 Å². The Morgan fingerprint density at radius 1 is 0.841 bits per heavy atom. The van der Waals surface area contributed by atoms with Gasteiger partial charge in [-0.2, -0.15) is 5.06 Å². The Balaban J connectivity index is 3.26. The van der Waals surface area contributed by atoms with Crippen LogP contribution in [0.3, 0.4) is 0 Å². The van der Waals surface area contributed by atoms with Crippen LogP contribution in [0.5, 0.6) is 0 Å². The highest BCUT2D eigenvalue weighted by molar-refractivity contribution is 5.96. The lowest BCUT2D eigenvalue weighted by atomic mass is 10.0. The van der Waals surface area contributed by atoms with Gasteiger partial charge in [0.25, 0.3) is 5.91 Å². The zero-order valence-corrected chi connectivity index (χ0v) is 27.4. The van der Waals surface area contributed by atoms with Crippen molar-refractivity contribution < 1.29 is 43.1 Å². The van der Waals surface area contributed by atoms with E-state index in [1.807, 2.05) is 13.8 Å². The summed E-state index contributed by atoms with van der Waals surface area (Å²) in [6, 6.07) is 3.02. The minimum atomic E-state index is -1.42. The molecule has 0 bridgehead atoms. The number of alkyl carbamates (subject to hydrolysis) is 1. The Kier molecular flexibility index (Phi) is 14.8. The zero-order chi connectivity index (χ0) is 33.8. The second kappa shape index (κ2) is 17.2. The van der Waals surface area contributed by atoms with Gasteiger partial charge >= 0.3 is 18.0 Å². The fraction of sp³-hybridized carbons (Fsp3) is 0.613. The molecule has 0 fully saturated rings. The molecule has 1 aromatic rings. The Morgan fingerprint density at radius 3 is 1.93 bits per heavy atom. The Hall–Kier alpha value is -4.16. The van der Waals surface area contributed by atoms with Crippen LogP contribution in [-0.4, -0.2) is 77.2 Å². The van der Waals surface area contributed by atoms with Gasteiger partial charge in [-0.1, -0.05) is 45.9 Å². The van der Waals surface area contributed by atoms with E-state index in [2.05, 4.69) is 16.0 Å². The van der Waals surface area contributed by atoms with Gasteiger partial charge in [0.1, 0.15) is 29.8 Å². The molecule has 4 atom stereocenters. The van der Waals surface area contributed by atoms with E-state index in [1.54, 1.807) is 59.7 Å². The van der Waals surface area contributed by atoms with Crippen LogP contribution < -0.4 is 16.0 Å². The number of esters is 1. The third kappa shape index (κ3) is 12.6. The summed E-state index contributed by atoms with van der Waals surface area (Å²) in [5.74, 6) is -4.35. The third-order valence-corrected chi connectivity index (χ3v) is 6.09. The van der Waals surface area contributed by atoms with Gasteiger partial charge in [-0.15, -0.1) is 0 Å². The third-order valence-electron chi connectivity index (χ3n) is 6.09. The van der Waals surface area contributed by atoms with E-state index < -0.39 is 65.5 Å². The molecule has 13 nitrogen and oxygen atoms in total. The van der Waals surface area contributed by atoms with Crippen LogP contribution in [0.15, 0.2) is 30.3 Å². The number of hydroxylamine groups is 2. The van der Waals surface area contributed by atoms with E-state index in [0.717, 1.165) is 0 Å². The highest BCUT2D eigenvalue weighted by Crippen LogP contribution is 2.13. The molecule has 0 saturated carbocycles. The van der Waals surface area contributed by atoms with Crippen molar-refractivity contribution in [3.05, 3.63) is 35.9 Å². The lowest BCUT2D eigenvalue weighted by Gasteiger charge is -2.31. The van der Waals surface area contributed by atoms with Crippen molar-refractivity contribution in [2.24, 2.45) is 11.8 Å². The molecule has 0 aliphatic carbocycles. The maximum atomic E-state index is 13.7. The minimum absolute atomic E-state index is 0.00737. The molecule has 0 saturated heterocycles. The number of nitrogens with one attached hydrogen (secondary N) is 3. The molecule has 246 valence electrons. The molecular formula is C31H48N4O9. The van der Waals surface area contributed by atoms with Gasteiger partial charge in [-0.05, 0) is 71.9 Å². The summed E-state index contributed by atoms with van der Waals surface area (Å²) in [7, 11) is 0. The highest BCUT2D eigenvalue weighted by atomic mass is 16.7. The summed E-state index contributed by atoms with van der Waals surface area (Å²) >= 11 is 0. The van der Waals surface area contributed by atoms with Crippen LogP contribution in [-0.2, 0) is 33.5 Å². The number of carbonyl (C=O) groups excluding carboxylic acids is 6. The lowest BCUT2D eigenvalue weighted by Crippen LogP contribution is -2.58. The van der Waals surface area contributed by atoms with Crippen molar-refractivity contribution in [3.8, 4) is 0 Å². The second-order valence-electron chi connectivity index (χ2n) is 12.1. The Bertz CT molecular complexity index is 1150. The minimum Gasteiger partial charge on any atom is -0.464 e. The first-order valence-electron chi connectivity index (χ1n) is 14.7. The first kappa shape index (κ1) is 37.9. The van der Waals surface area contributed by atoms with E-state index >= 15 is 0 Å². The average Bonchev–Trinajstić information content (AvgIpc) is 2.92. The molecule has 1 aromatic carbocycles. The molecule has 1 rings (SSSR count). The molecule has 0 heterocycles. The molecule has 3 N–H and O–H groups in total. The van der Waals surface area contributed by atoms with E-state index in [9.17, 15) is 28.8 Å². The first-order valence-corrected chi connectivity index (χ1v) is 14.7. The smallest absolute Gasteiger partial charge is 0.408 e. The second-order valence-corrected chi connectivity index (χ2v) is 12.1. The molecule has 4 amide bonds. The van der Waals surface area contributed by atoms with Crippen LogP contribution in [0.25, 0.3) is 0 Å². The quantitative estimate of drug-likeness (QED) is 0.222. The predicted octanol–water partition coefficient (Wildman–Crippen LogP) is 3.12. The predicted molar refractivity (Wildman–Crippen MR) is 162 cm³/mol.